The Balaban J connectivity index is 2.42. The molecule has 0 spiro atoms. The van der Waals surface area contributed by atoms with Crippen LogP contribution in [0, 0.1) is 5.92 Å². The van der Waals surface area contributed by atoms with Gasteiger partial charge < -0.3 is 10.1 Å². The van der Waals surface area contributed by atoms with Crippen molar-refractivity contribution in [3.05, 3.63) is 0 Å². The Bertz CT molecular complexity index is 170. The first-order valence-electron chi connectivity index (χ1n) is 5.13. The molecule has 13 heavy (non-hydrogen) atoms. The van der Waals surface area contributed by atoms with Crippen LogP contribution in [0.5, 0.6) is 0 Å². The first-order chi connectivity index (χ1) is 6.29. The fourth-order valence-corrected chi connectivity index (χ4v) is 1.77. The molecule has 0 amide bonds. The van der Waals surface area contributed by atoms with Crippen molar-refractivity contribution in [2.45, 2.75) is 32.7 Å². The number of likely N-dealkylation sites (N-methyl/N-ethyl adjacent to an activating group) is 1. The SMILES string of the molecule is CCCC(=O)C1COCC1NCC. The van der Waals surface area contributed by atoms with Gasteiger partial charge in [-0.15, -0.1) is 0 Å². The van der Waals surface area contributed by atoms with E-state index in [1.807, 2.05) is 6.92 Å². The second kappa shape index (κ2) is 5.35. The minimum Gasteiger partial charge on any atom is -0.379 e. The molecular formula is C10H19NO2. The Morgan fingerprint density at radius 3 is 2.85 bits per heavy atom. The maximum atomic E-state index is 11.6. The molecular weight excluding hydrogens is 166 g/mol. The minimum atomic E-state index is 0.0971. The van der Waals surface area contributed by atoms with Crippen LogP contribution in [0.2, 0.25) is 0 Å². The number of carbonyl (C=O) groups excluding carboxylic acids is 1. The zero-order valence-electron chi connectivity index (χ0n) is 8.51. The van der Waals surface area contributed by atoms with Crippen molar-refractivity contribution in [2.24, 2.45) is 5.92 Å². The van der Waals surface area contributed by atoms with E-state index in [0.717, 1.165) is 13.0 Å². The molecule has 1 fully saturated rings. The van der Waals surface area contributed by atoms with Gasteiger partial charge in [0.15, 0.2) is 0 Å². The molecule has 0 aromatic carbocycles. The molecule has 1 rings (SSSR count). The molecule has 2 atom stereocenters. The summed E-state index contributed by atoms with van der Waals surface area (Å²) in [5.41, 5.74) is 0. The van der Waals surface area contributed by atoms with Crippen molar-refractivity contribution in [1.82, 2.24) is 5.32 Å². The summed E-state index contributed by atoms with van der Waals surface area (Å²) in [6.45, 7) is 6.30. The number of nitrogens with one attached hydrogen (secondary N) is 1. The van der Waals surface area contributed by atoms with Crippen LogP contribution in [0.3, 0.4) is 0 Å². The number of ether oxygens (including phenoxy) is 1. The number of ketones is 1. The predicted molar refractivity (Wildman–Crippen MR) is 51.7 cm³/mol. The van der Waals surface area contributed by atoms with Crippen LogP contribution in [-0.4, -0.2) is 31.6 Å². The molecule has 0 radical (unpaired) electrons. The summed E-state index contributed by atoms with van der Waals surface area (Å²) in [6.07, 6.45) is 1.63. The summed E-state index contributed by atoms with van der Waals surface area (Å²) in [4.78, 5) is 11.6. The molecule has 0 saturated carbocycles. The van der Waals surface area contributed by atoms with Crippen molar-refractivity contribution in [3.63, 3.8) is 0 Å². The van der Waals surface area contributed by atoms with Gasteiger partial charge in [-0.2, -0.15) is 0 Å². The quantitative estimate of drug-likeness (QED) is 0.694. The fraction of sp³-hybridized carbons (Fsp3) is 0.900. The average molecular weight is 185 g/mol. The molecule has 0 bridgehead atoms. The monoisotopic (exact) mass is 185 g/mol. The molecule has 1 aliphatic rings. The zero-order valence-corrected chi connectivity index (χ0v) is 8.51. The standard InChI is InChI=1S/C10H19NO2/c1-3-5-10(12)8-6-13-7-9(8)11-4-2/h8-9,11H,3-7H2,1-2H3. The third kappa shape index (κ3) is 2.78. The fourth-order valence-electron chi connectivity index (χ4n) is 1.77. The second-order valence-electron chi connectivity index (χ2n) is 3.52. The van der Waals surface area contributed by atoms with E-state index in [-0.39, 0.29) is 12.0 Å². The van der Waals surface area contributed by atoms with Crippen LogP contribution in [0.4, 0.5) is 0 Å². The smallest absolute Gasteiger partial charge is 0.139 e. The Kier molecular flexibility index (Phi) is 4.39. The first-order valence-corrected chi connectivity index (χ1v) is 5.13. The lowest BCUT2D eigenvalue weighted by Crippen LogP contribution is -2.39. The third-order valence-electron chi connectivity index (χ3n) is 2.46. The van der Waals surface area contributed by atoms with E-state index < -0.39 is 0 Å². The average Bonchev–Trinajstić information content (AvgIpc) is 2.54. The molecule has 0 aromatic heterocycles. The number of carbonyl (C=O) groups is 1. The van der Waals surface area contributed by atoms with Crippen LogP contribution in [0.1, 0.15) is 26.7 Å². The maximum Gasteiger partial charge on any atom is 0.139 e. The van der Waals surface area contributed by atoms with Gasteiger partial charge in [-0.1, -0.05) is 13.8 Å². The Morgan fingerprint density at radius 1 is 1.46 bits per heavy atom. The predicted octanol–water partition coefficient (Wildman–Crippen LogP) is 0.980. The van der Waals surface area contributed by atoms with Crippen molar-refractivity contribution in [3.8, 4) is 0 Å². The van der Waals surface area contributed by atoms with Gasteiger partial charge in [0.25, 0.3) is 0 Å². The lowest BCUT2D eigenvalue weighted by atomic mass is 9.95. The summed E-state index contributed by atoms with van der Waals surface area (Å²) in [7, 11) is 0. The van der Waals surface area contributed by atoms with Crippen LogP contribution in [-0.2, 0) is 9.53 Å². The Morgan fingerprint density at radius 2 is 2.23 bits per heavy atom. The maximum absolute atomic E-state index is 11.6. The summed E-state index contributed by atoms with van der Waals surface area (Å²) < 4.78 is 5.31. The number of Topliss-reactive ketones (excluding diaryl/α,β-unsaturated/α-hetero) is 1. The van der Waals surface area contributed by atoms with Gasteiger partial charge >= 0.3 is 0 Å². The summed E-state index contributed by atoms with van der Waals surface area (Å²) in [5, 5.41) is 3.29. The largest absolute Gasteiger partial charge is 0.379 e. The van der Waals surface area contributed by atoms with Crippen LogP contribution < -0.4 is 5.32 Å². The van der Waals surface area contributed by atoms with E-state index in [0.29, 0.717) is 25.4 Å². The van der Waals surface area contributed by atoms with Crippen molar-refractivity contribution in [2.75, 3.05) is 19.8 Å². The van der Waals surface area contributed by atoms with Gasteiger partial charge in [-0.25, -0.2) is 0 Å². The van der Waals surface area contributed by atoms with Crippen molar-refractivity contribution >= 4 is 5.78 Å². The summed E-state index contributed by atoms with van der Waals surface area (Å²) in [5.74, 6) is 0.450. The number of hydrogen-bond acceptors (Lipinski definition) is 3. The van der Waals surface area contributed by atoms with Gasteiger partial charge in [-0.05, 0) is 13.0 Å². The van der Waals surface area contributed by atoms with E-state index in [1.54, 1.807) is 0 Å². The lowest BCUT2D eigenvalue weighted by Gasteiger charge is -2.16. The second-order valence-corrected chi connectivity index (χ2v) is 3.52. The number of rotatable bonds is 5. The molecule has 2 unspecified atom stereocenters. The molecule has 0 aromatic rings. The van der Waals surface area contributed by atoms with Gasteiger partial charge in [0.05, 0.1) is 19.1 Å². The molecule has 3 heteroatoms. The normalized spacial score (nSPS) is 27.8. The highest BCUT2D eigenvalue weighted by molar-refractivity contribution is 5.82. The highest BCUT2D eigenvalue weighted by Gasteiger charge is 2.32. The van der Waals surface area contributed by atoms with E-state index in [9.17, 15) is 4.79 Å². The minimum absolute atomic E-state index is 0.0971. The summed E-state index contributed by atoms with van der Waals surface area (Å²) >= 11 is 0. The molecule has 3 nitrogen and oxygen atoms in total. The van der Waals surface area contributed by atoms with E-state index >= 15 is 0 Å². The lowest BCUT2D eigenvalue weighted by molar-refractivity contribution is -0.123. The molecule has 76 valence electrons. The molecule has 1 heterocycles. The van der Waals surface area contributed by atoms with Crippen LogP contribution in [0.25, 0.3) is 0 Å². The van der Waals surface area contributed by atoms with Gasteiger partial charge in [0.1, 0.15) is 5.78 Å². The molecule has 1 saturated heterocycles. The van der Waals surface area contributed by atoms with Gasteiger partial charge in [0.2, 0.25) is 0 Å². The van der Waals surface area contributed by atoms with E-state index in [4.69, 9.17) is 4.74 Å². The topological polar surface area (TPSA) is 38.3 Å². The van der Waals surface area contributed by atoms with E-state index in [1.165, 1.54) is 0 Å². The van der Waals surface area contributed by atoms with Crippen molar-refractivity contribution < 1.29 is 9.53 Å². The van der Waals surface area contributed by atoms with Gasteiger partial charge in [-0.3, -0.25) is 4.79 Å². The highest BCUT2D eigenvalue weighted by Crippen LogP contribution is 2.16. The molecule has 1 N–H and O–H groups in total. The van der Waals surface area contributed by atoms with Crippen LogP contribution >= 0.6 is 0 Å². The highest BCUT2D eigenvalue weighted by atomic mass is 16.5. The first kappa shape index (κ1) is 10.7. The molecule has 0 aliphatic carbocycles. The molecule has 1 aliphatic heterocycles. The van der Waals surface area contributed by atoms with Gasteiger partial charge in [0, 0.05) is 12.5 Å². The van der Waals surface area contributed by atoms with Crippen LogP contribution in [0.15, 0.2) is 0 Å². The van der Waals surface area contributed by atoms with Crippen molar-refractivity contribution in [1.29, 1.82) is 0 Å². The number of hydrogen-bond donors (Lipinski definition) is 1. The Hall–Kier alpha value is -0.410. The zero-order chi connectivity index (χ0) is 9.68. The Labute approximate surface area is 79.8 Å². The van der Waals surface area contributed by atoms with E-state index in [2.05, 4.69) is 12.2 Å². The summed E-state index contributed by atoms with van der Waals surface area (Å²) in [6, 6.07) is 0.254. The third-order valence-corrected chi connectivity index (χ3v) is 2.46.